The van der Waals surface area contributed by atoms with Crippen molar-refractivity contribution < 1.29 is 13.2 Å². The van der Waals surface area contributed by atoms with Crippen LogP contribution in [0, 0.1) is 17.5 Å². The summed E-state index contributed by atoms with van der Waals surface area (Å²) in [5.74, 6) is 2.51. The van der Waals surface area contributed by atoms with E-state index < -0.39 is 23.5 Å². The van der Waals surface area contributed by atoms with Crippen molar-refractivity contribution in [1.82, 2.24) is 5.43 Å². The number of nitrogens with two attached hydrogens (primary N) is 1. The van der Waals surface area contributed by atoms with Crippen molar-refractivity contribution in [1.29, 1.82) is 0 Å². The molecule has 1 rings (SSSR count). The van der Waals surface area contributed by atoms with Gasteiger partial charge in [0.15, 0.2) is 0 Å². The van der Waals surface area contributed by atoms with Crippen LogP contribution in [-0.4, -0.2) is 0 Å². The first kappa shape index (κ1) is 13.0. The second kappa shape index (κ2) is 5.86. The quantitative estimate of drug-likeness (QED) is 0.605. The minimum Gasteiger partial charge on any atom is -0.271 e. The lowest BCUT2D eigenvalue weighted by Crippen LogP contribution is -2.29. The predicted molar refractivity (Wildman–Crippen MR) is 55.9 cm³/mol. The van der Waals surface area contributed by atoms with E-state index in [1.807, 2.05) is 6.92 Å². The maximum Gasteiger partial charge on any atom is 0.133 e. The van der Waals surface area contributed by atoms with E-state index >= 15 is 0 Å². The number of hydrogen-bond acceptors (Lipinski definition) is 2. The van der Waals surface area contributed by atoms with E-state index in [9.17, 15) is 13.2 Å². The molecule has 1 aromatic rings. The van der Waals surface area contributed by atoms with Crippen LogP contribution >= 0.6 is 0 Å². The van der Waals surface area contributed by atoms with Gasteiger partial charge in [0.1, 0.15) is 17.5 Å². The van der Waals surface area contributed by atoms with E-state index in [2.05, 4.69) is 5.43 Å². The van der Waals surface area contributed by atoms with Crippen molar-refractivity contribution in [2.45, 2.75) is 32.2 Å². The molecule has 0 saturated carbocycles. The molecule has 0 aliphatic heterocycles. The topological polar surface area (TPSA) is 38.0 Å². The average molecular weight is 232 g/mol. The van der Waals surface area contributed by atoms with Crippen molar-refractivity contribution in [3.63, 3.8) is 0 Å². The van der Waals surface area contributed by atoms with Gasteiger partial charge in [0.05, 0.1) is 6.04 Å². The summed E-state index contributed by atoms with van der Waals surface area (Å²) in [7, 11) is 0. The van der Waals surface area contributed by atoms with Crippen molar-refractivity contribution in [2.75, 3.05) is 0 Å². The fourth-order valence-electron chi connectivity index (χ4n) is 1.61. The van der Waals surface area contributed by atoms with Gasteiger partial charge in [-0.05, 0) is 6.42 Å². The summed E-state index contributed by atoms with van der Waals surface area (Å²) in [5.41, 5.74) is 2.15. The molecule has 3 N–H and O–H groups in total. The number of unbranched alkanes of at least 4 members (excludes halogenated alkanes) is 1. The van der Waals surface area contributed by atoms with Gasteiger partial charge >= 0.3 is 0 Å². The highest BCUT2D eigenvalue weighted by molar-refractivity contribution is 5.24. The Balaban J connectivity index is 2.99. The molecule has 0 fully saturated rings. The zero-order valence-corrected chi connectivity index (χ0v) is 9.06. The van der Waals surface area contributed by atoms with Gasteiger partial charge < -0.3 is 0 Å². The Morgan fingerprint density at radius 1 is 1.25 bits per heavy atom. The summed E-state index contributed by atoms with van der Waals surface area (Å²) >= 11 is 0. The summed E-state index contributed by atoms with van der Waals surface area (Å²) in [5, 5.41) is 0. The molecule has 1 unspecified atom stereocenters. The van der Waals surface area contributed by atoms with Crippen LogP contribution < -0.4 is 11.3 Å². The molecule has 0 amide bonds. The van der Waals surface area contributed by atoms with Crippen LogP contribution in [0.15, 0.2) is 12.1 Å². The second-order valence-electron chi connectivity index (χ2n) is 3.64. The molecule has 1 aromatic carbocycles. The molecule has 1 atom stereocenters. The molecule has 0 saturated heterocycles. The fraction of sp³-hybridized carbons (Fsp3) is 0.455. The lowest BCUT2D eigenvalue weighted by Gasteiger charge is -2.17. The number of nitrogens with one attached hydrogen (secondary N) is 1. The molecule has 0 aromatic heterocycles. The van der Waals surface area contributed by atoms with Crippen LogP contribution in [0.3, 0.4) is 0 Å². The van der Waals surface area contributed by atoms with Crippen LogP contribution in [0.1, 0.15) is 37.8 Å². The Kier molecular flexibility index (Phi) is 4.76. The van der Waals surface area contributed by atoms with Crippen LogP contribution in [0.2, 0.25) is 0 Å². The van der Waals surface area contributed by atoms with Gasteiger partial charge in [-0.2, -0.15) is 0 Å². The van der Waals surface area contributed by atoms with Gasteiger partial charge in [-0.15, -0.1) is 0 Å². The molecule has 90 valence electrons. The Labute approximate surface area is 92.6 Å². The van der Waals surface area contributed by atoms with E-state index in [-0.39, 0.29) is 5.56 Å². The summed E-state index contributed by atoms with van der Waals surface area (Å²) < 4.78 is 39.5. The first-order valence-corrected chi connectivity index (χ1v) is 5.20. The molecule has 0 radical (unpaired) electrons. The first-order chi connectivity index (χ1) is 7.60. The van der Waals surface area contributed by atoms with Gasteiger partial charge in [0.25, 0.3) is 0 Å². The highest BCUT2D eigenvalue weighted by Crippen LogP contribution is 2.25. The summed E-state index contributed by atoms with van der Waals surface area (Å²) in [4.78, 5) is 0. The molecule has 0 bridgehead atoms. The maximum absolute atomic E-state index is 13.4. The smallest absolute Gasteiger partial charge is 0.133 e. The van der Waals surface area contributed by atoms with Gasteiger partial charge in [0, 0.05) is 17.7 Å². The Hall–Kier alpha value is -1.07. The van der Waals surface area contributed by atoms with Gasteiger partial charge in [-0.25, -0.2) is 13.2 Å². The average Bonchev–Trinajstić information content (AvgIpc) is 2.21. The summed E-state index contributed by atoms with van der Waals surface area (Å²) in [6.45, 7) is 1.96. The van der Waals surface area contributed by atoms with Crippen LogP contribution in [-0.2, 0) is 0 Å². The van der Waals surface area contributed by atoms with Gasteiger partial charge in [-0.3, -0.25) is 11.3 Å². The second-order valence-corrected chi connectivity index (χ2v) is 3.64. The van der Waals surface area contributed by atoms with Crippen molar-refractivity contribution in [2.24, 2.45) is 5.84 Å². The molecule has 0 heterocycles. The maximum atomic E-state index is 13.4. The predicted octanol–water partition coefficient (Wildman–Crippen LogP) is 2.80. The molecular formula is C11H15F3N2. The minimum absolute atomic E-state index is 0.197. The zero-order valence-electron chi connectivity index (χ0n) is 9.06. The lowest BCUT2D eigenvalue weighted by atomic mass is 10.0. The molecule has 5 heteroatoms. The van der Waals surface area contributed by atoms with E-state index in [0.717, 1.165) is 12.8 Å². The number of rotatable bonds is 5. The van der Waals surface area contributed by atoms with E-state index in [0.29, 0.717) is 18.6 Å². The van der Waals surface area contributed by atoms with Crippen LogP contribution in [0.4, 0.5) is 13.2 Å². The van der Waals surface area contributed by atoms with Crippen molar-refractivity contribution in [3.8, 4) is 0 Å². The number of hydrogen-bond donors (Lipinski definition) is 2. The largest absolute Gasteiger partial charge is 0.271 e. The van der Waals surface area contributed by atoms with E-state index in [1.54, 1.807) is 0 Å². The third-order valence-electron chi connectivity index (χ3n) is 2.44. The fourth-order valence-corrected chi connectivity index (χ4v) is 1.61. The third-order valence-corrected chi connectivity index (χ3v) is 2.44. The molecule has 0 spiro atoms. The van der Waals surface area contributed by atoms with E-state index in [4.69, 9.17) is 5.84 Å². The van der Waals surface area contributed by atoms with E-state index in [1.165, 1.54) is 0 Å². The Bertz CT molecular complexity index is 332. The SMILES string of the molecule is CCCCC(NN)c1c(F)cc(F)cc1F. The zero-order chi connectivity index (χ0) is 12.1. The summed E-state index contributed by atoms with van der Waals surface area (Å²) in [6.07, 6.45) is 2.18. The van der Waals surface area contributed by atoms with Gasteiger partial charge in [0.2, 0.25) is 0 Å². The minimum atomic E-state index is -0.926. The number of benzene rings is 1. The lowest BCUT2D eigenvalue weighted by molar-refractivity contribution is 0.436. The monoisotopic (exact) mass is 232 g/mol. The number of hydrazine groups is 1. The first-order valence-electron chi connectivity index (χ1n) is 5.20. The Morgan fingerprint density at radius 3 is 2.25 bits per heavy atom. The molecule has 0 aliphatic carbocycles. The molecular weight excluding hydrogens is 217 g/mol. The molecule has 16 heavy (non-hydrogen) atoms. The standard InChI is InChI=1S/C11H15F3N2/c1-2-3-4-10(16-15)11-8(13)5-7(12)6-9(11)14/h5-6,10,16H,2-4,15H2,1H3. The highest BCUT2D eigenvalue weighted by atomic mass is 19.1. The number of halogens is 3. The van der Waals surface area contributed by atoms with Crippen molar-refractivity contribution in [3.05, 3.63) is 35.1 Å². The van der Waals surface area contributed by atoms with Gasteiger partial charge in [-0.1, -0.05) is 19.8 Å². The highest BCUT2D eigenvalue weighted by Gasteiger charge is 2.19. The van der Waals surface area contributed by atoms with Crippen LogP contribution in [0.25, 0.3) is 0 Å². The normalized spacial score (nSPS) is 12.8. The van der Waals surface area contributed by atoms with Crippen LogP contribution in [0.5, 0.6) is 0 Å². The molecule has 2 nitrogen and oxygen atoms in total. The summed E-state index contributed by atoms with van der Waals surface area (Å²) in [6, 6.07) is 0.698. The Morgan fingerprint density at radius 2 is 1.81 bits per heavy atom. The molecule has 0 aliphatic rings. The third kappa shape index (κ3) is 2.96. The van der Waals surface area contributed by atoms with Crippen molar-refractivity contribution >= 4 is 0 Å².